The van der Waals surface area contributed by atoms with Gasteiger partial charge < -0.3 is 15.0 Å². The summed E-state index contributed by atoms with van der Waals surface area (Å²) in [6.45, 7) is 6.97. The predicted octanol–water partition coefficient (Wildman–Crippen LogP) is 5.02. The van der Waals surface area contributed by atoms with Gasteiger partial charge in [-0.25, -0.2) is 0 Å². The summed E-state index contributed by atoms with van der Waals surface area (Å²) in [5.74, 6) is 0.816. The Morgan fingerprint density at radius 3 is 2.89 bits per heavy atom. The summed E-state index contributed by atoms with van der Waals surface area (Å²) >= 11 is 0. The summed E-state index contributed by atoms with van der Waals surface area (Å²) < 4.78 is 5.87. The average Bonchev–Trinajstić information content (AvgIpc) is 2.69. The number of amides is 1. The molecule has 0 saturated carbocycles. The van der Waals surface area contributed by atoms with Crippen molar-refractivity contribution in [3.05, 3.63) is 48.3 Å². The lowest BCUT2D eigenvalue weighted by Gasteiger charge is -2.35. The van der Waals surface area contributed by atoms with Gasteiger partial charge in [0.1, 0.15) is 11.4 Å². The van der Waals surface area contributed by atoms with Gasteiger partial charge in [-0.05, 0) is 63.8 Å². The molecule has 3 rings (SSSR count). The fourth-order valence-corrected chi connectivity index (χ4v) is 3.55. The molecule has 0 aliphatic carbocycles. The van der Waals surface area contributed by atoms with E-state index in [-0.39, 0.29) is 12.0 Å². The van der Waals surface area contributed by atoms with Crippen molar-refractivity contribution in [1.82, 2.24) is 9.88 Å². The van der Waals surface area contributed by atoms with E-state index < -0.39 is 0 Å². The molecule has 0 bridgehead atoms. The molecule has 5 nitrogen and oxygen atoms in total. The number of ether oxygens (including phenoxy) is 1. The van der Waals surface area contributed by atoms with Gasteiger partial charge in [-0.1, -0.05) is 19.1 Å². The Hall–Kier alpha value is -2.56. The Balaban J connectivity index is 1.79. The fourth-order valence-electron chi connectivity index (χ4n) is 3.55. The minimum Gasteiger partial charge on any atom is -0.489 e. The molecule has 5 heteroatoms. The lowest BCUT2D eigenvalue weighted by atomic mass is 9.99. The van der Waals surface area contributed by atoms with Crippen LogP contribution in [0.2, 0.25) is 0 Å². The molecule has 1 aromatic heterocycles. The van der Waals surface area contributed by atoms with Crippen molar-refractivity contribution < 1.29 is 9.53 Å². The normalized spacial score (nSPS) is 17.0. The standard InChI is InChI=1S/C22H29N3O2/c1-4-18-9-7-8-14-25(18)22(26)20-15-17(12-13-23-20)24-19-10-5-6-11-21(19)27-16(2)3/h5-6,10-13,15-16,18H,4,7-9,14H2,1-3H3,(H,23,24). The fraction of sp³-hybridized carbons (Fsp3) is 0.455. The van der Waals surface area contributed by atoms with Gasteiger partial charge in [0, 0.05) is 24.5 Å². The van der Waals surface area contributed by atoms with Gasteiger partial charge in [0.25, 0.3) is 5.91 Å². The van der Waals surface area contributed by atoms with Crippen LogP contribution in [0.25, 0.3) is 0 Å². The molecule has 1 atom stereocenters. The molecule has 1 unspecified atom stereocenters. The van der Waals surface area contributed by atoms with Crippen LogP contribution in [0.5, 0.6) is 5.75 Å². The van der Waals surface area contributed by atoms with E-state index in [1.165, 1.54) is 6.42 Å². The van der Waals surface area contributed by atoms with Crippen LogP contribution in [0.3, 0.4) is 0 Å². The zero-order valence-corrected chi connectivity index (χ0v) is 16.4. The SMILES string of the molecule is CCC1CCCCN1C(=O)c1cc(Nc2ccccc2OC(C)C)ccn1. The van der Waals surface area contributed by atoms with Gasteiger partial charge in [0.15, 0.2) is 0 Å². The first-order valence-electron chi connectivity index (χ1n) is 9.88. The van der Waals surface area contributed by atoms with E-state index in [4.69, 9.17) is 4.74 Å². The molecule has 1 fully saturated rings. The third-order valence-corrected chi connectivity index (χ3v) is 4.87. The van der Waals surface area contributed by atoms with Crippen LogP contribution in [0.1, 0.15) is 56.9 Å². The van der Waals surface area contributed by atoms with Gasteiger partial charge in [-0.15, -0.1) is 0 Å². The first-order chi connectivity index (χ1) is 13.1. The second kappa shape index (κ2) is 8.89. The molecule has 2 heterocycles. The van der Waals surface area contributed by atoms with Crippen molar-refractivity contribution in [1.29, 1.82) is 0 Å². The Kier molecular flexibility index (Phi) is 6.32. The van der Waals surface area contributed by atoms with E-state index in [9.17, 15) is 4.79 Å². The van der Waals surface area contributed by atoms with Crippen molar-refractivity contribution in [2.24, 2.45) is 0 Å². The number of pyridine rings is 1. The van der Waals surface area contributed by atoms with Crippen LogP contribution in [0.4, 0.5) is 11.4 Å². The number of carbonyl (C=O) groups excluding carboxylic acids is 1. The predicted molar refractivity (Wildman–Crippen MR) is 109 cm³/mol. The van der Waals surface area contributed by atoms with Crippen molar-refractivity contribution in [2.45, 2.75) is 58.6 Å². The molecule has 27 heavy (non-hydrogen) atoms. The molecular formula is C22H29N3O2. The number of rotatable bonds is 6. The maximum absolute atomic E-state index is 13.0. The number of hydrogen-bond donors (Lipinski definition) is 1. The molecule has 1 N–H and O–H groups in total. The number of hydrogen-bond acceptors (Lipinski definition) is 4. The van der Waals surface area contributed by atoms with Crippen molar-refractivity contribution in [2.75, 3.05) is 11.9 Å². The molecule has 1 aliphatic rings. The lowest BCUT2D eigenvalue weighted by molar-refractivity contribution is 0.0602. The Morgan fingerprint density at radius 1 is 1.30 bits per heavy atom. The van der Waals surface area contributed by atoms with Gasteiger partial charge >= 0.3 is 0 Å². The topological polar surface area (TPSA) is 54.5 Å². The van der Waals surface area contributed by atoms with Crippen LogP contribution in [-0.4, -0.2) is 34.5 Å². The minimum atomic E-state index is 0.0249. The number of carbonyl (C=O) groups is 1. The van der Waals surface area contributed by atoms with E-state index in [2.05, 4.69) is 17.2 Å². The van der Waals surface area contributed by atoms with E-state index in [1.54, 1.807) is 6.20 Å². The van der Waals surface area contributed by atoms with Crippen molar-refractivity contribution in [3.63, 3.8) is 0 Å². The summed E-state index contributed by atoms with van der Waals surface area (Å²) in [5, 5.41) is 3.37. The van der Waals surface area contributed by atoms with Gasteiger partial charge in [-0.3, -0.25) is 9.78 Å². The highest BCUT2D eigenvalue weighted by Gasteiger charge is 2.27. The van der Waals surface area contributed by atoms with Crippen LogP contribution in [0, 0.1) is 0 Å². The second-order valence-electron chi connectivity index (χ2n) is 7.27. The zero-order chi connectivity index (χ0) is 19.2. The van der Waals surface area contributed by atoms with Crippen molar-refractivity contribution >= 4 is 17.3 Å². The van der Waals surface area contributed by atoms with Crippen LogP contribution < -0.4 is 10.1 Å². The minimum absolute atomic E-state index is 0.0249. The largest absolute Gasteiger partial charge is 0.489 e. The summed E-state index contributed by atoms with van der Waals surface area (Å²) in [6, 6.07) is 11.8. The first kappa shape index (κ1) is 19.2. The van der Waals surface area contributed by atoms with E-state index in [1.807, 2.05) is 55.1 Å². The molecule has 0 radical (unpaired) electrons. The summed E-state index contributed by atoms with van der Waals surface area (Å²) in [5.41, 5.74) is 2.20. The third-order valence-electron chi connectivity index (χ3n) is 4.87. The summed E-state index contributed by atoms with van der Waals surface area (Å²) in [4.78, 5) is 19.3. The van der Waals surface area contributed by atoms with Gasteiger partial charge in [0.05, 0.1) is 11.8 Å². The number of likely N-dealkylation sites (tertiary alicyclic amines) is 1. The number of para-hydroxylation sites is 2. The Morgan fingerprint density at radius 2 is 2.11 bits per heavy atom. The maximum Gasteiger partial charge on any atom is 0.272 e. The molecule has 1 aliphatic heterocycles. The number of aromatic nitrogens is 1. The number of nitrogens with zero attached hydrogens (tertiary/aromatic N) is 2. The highest BCUT2D eigenvalue weighted by Crippen LogP contribution is 2.29. The monoisotopic (exact) mass is 367 g/mol. The van der Waals surface area contributed by atoms with Crippen molar-refractivity contribution in [3.8, 4) is 5.75 Å². The van der Waals surface area contributed by atoms with Crippen LogP contribution in [-0.2, 0) is 0 Å². The number of piperidine rings is 1. The number of benzene rings is 1. The Bertz CT molecular complexity index is 776. The quantitative estimate of drug-likeness (QED) is 0.779. The molecule has 2 aromatic rings. The smallest absolute Gasteiger partial charge is 0.272 e. The Labute approximate surface area is 161 Å². The van der Waals surface area contributed by atoms with Gasteiger partial charge in [0.2, 0.25) is 0 Å². The zero-order valence-electron chi connectivity index (χ0n) is 16.4. The van der Waals surface area contributed by atoms with E-state index >= 15 is 0 Å². The first-order valence-corrected chi connectivity index (χ1v) is 9.88. The highest BCUT2D eigenvalue weighted by atomic mass is 16.5. The molecule has 1 aromatic carbocycles. The average molecular weight is 367 g/mol. The highest BCUT2D eigenvalue weighted by molar-refractivity contribution is 5.93. The molecule has 1 saturated heterocycles. The third kappa shape index (κ3) is 4.79. The number of anilines is 2. The lowest BCUT2D eigenvalue weighted by Crippen LogP contribution is -2.43. The summed E-state index contributed by atoms with van der Waals surface area (Å²) in [7, 11) is 0. The van der Waals surface area contributed by atoms with E-state index in [0.29, 0.717) is 11.7 Å². The van der Waals surface area contributed by atoms with Crippen LogP contribution in [0.15, 0.2) is 42.6 Å². The molecule has 0 spiro atoms. The molecule has 1 amide bonds. The van der Waals surface area contributed by atoms with Crippen LogP contribution >= 0.6 is 0 Å². The molecule has 144 valence electrons. The second-order valence-corrected chi connectivity index (χ2v) is 7.27. The maximum atomic E-state index is 13.0. The summed E-state index contributed by atoms with van der Waals surface area (Å²) in [6.07, 6.45) is 6.12. The van der Waals surface area contributed by atoms with Gasteiger partial charge in [-0.2, -0.15) is 0 Å². The number of nitrogens with one attached hydrogen (secondary N) is 1. The molecular weight excluding hydrogens is 338 g/mol. The van der Waals surface area contributed by atoms with E-state index in [0.717, 1.165) is 42.9 Å².